The molecule has 1 saturated carbocycles. The maximum atomic E-state index is 12.1. The molecule has 0 spiro atoms. The van der Waals surface area contributed by atoms with E-state index >= 15 is 0 Å². The van der Waals surface area contributed by atoms with Gasteiger partial charge in [-0.15, -0.1) is 12.8 Å². The van der Waals surface area contributed by atoms with Gasteiger partial charge in [-0.05, 0) is 37.8 Å². The lowest BCUT2D eigenvalue weighted by Gasteiger charge is -2.27. The standard InChI is InChI=1S/C17H24N8O.C6H5FN2O.C2H2/c1-2-6-24(5-1)16-19-15(18-14-11-13(22-23-14)12-3-4-12)20-17(21-16)25-7-9-26-10-8-25;7-6-2-1-5(3-8-6)9-4-10;1-2/h11-12H,1-10H2,(H2,18,19,20,21,22,23);1-4H,(H,9,10);1-2H. The van der Waals surface area contributed by atoms with Crippen LogP contribution in [0.25, 0.3) is 0 Å². The monoisotopic (exact) mass is 522 g/mol. The molecule has 200 valence electrons. The number of halogens is 1. The Morgan fingerprint density at radius 1 is 1.03 bits per heavy atom. The molecule has 2 aliphatic heterocycles. The third kappa shape index (κ3) is 7.36. The van der Waals surface area contributed by atoms with Crippen molar-refractivity contribution in [1.29, 1.82) is 0 Å². The molecule has 0 aromatic carbocycles. The second kappa shape index (κ2) is 13.3. The Bertz CT molecular complexity index is 1190. The quantitative estimate of drug-likeness (QED) is 0.241. The Morgan fingerprint density at radius 3 is 2.32 bits per heavy atom. The van der Waals surface area contributed by atoms with E-state index in [2.05, 4.69) is 64.5 Å². The highest BCUT2D eigenvalue weighted by Gasteiger charge is 2.26. The minimum atomic E-state index is -0.559. The van der Waals surface area contributed by atoms with E-state index in [9.17, 15) is 9.18 Å². The van der Waals surface area contributed by atoms with Gasteiger partial charge in [0.1, 0.15) is 0 Å². The maximum absolute atomic E-state index is 12.1. The van der Waals surface area contributed by atoms with Crippen molar-refractivity contribution in [1.82, 2.24) is 30.1 Å². The number of ether oxygens (including phenoxy) is 1. The molecule has 3 aliphatic rings. The van der Waals surface area contributed by atoms with Gasteiger partial charge in [0.2, 0.25) is 30.2 Å². The minimum Gasteiger partial charge on any atom is -0.378 e. The number of H-pyrrole nitrogens is 1. The third-order valence-electron chi connectivity index (χ3n) is 6.10. The van der Waals surface area contributed by atoms with Crippen LogP contribution in [0.5, 0.6) is 0 Å². The number of hydrogen-bond acceptors (Lipinski definition) is 10. The van der Waals surface area contributed by atoms with Crippen molar-refractivity contribution in [3.8, 4) is 12.8 Å². The largest absolute Gasteiger partial charge is 0.378 e. The molecule has 6 rings (SSSR count). The lowest BCUT2D eigenvalue weighted by molar-refractivity contribution is -0.105. The van der Waals surface area contributed by atoms with Crippen LogP contribution in [-0.4, -0.2) is 75.9 Å². The molecule has 0 unspecified atom stereocenters. The van der Waals surface area contributed by atoms with Crippen molar-refractivity contribution in [3.63, 3.8) is 0 Å². The number of anilines is 5. The van der Waals surface area contributed by atoms with Crippen molar-refractivity contribution in [2.75, 3.05) is 59.8 Å². The lowest BCUT2D eigenvalue weighted by Crippen LogP contribution is -2.38. The van der Waals surface area contributed by atoms with Gasteiger partial charge in [0.25, 0.3) is 0 Å². The molecule has 3 aromatic rings. The molecule has 1 amide bonds. The molecule has 0 atom stereocenters. The average molecular weight is 523 g/mol. The van der Waals surface area contributed by atoms with E-state index in [1.807, 2.05) is 0 Å². The van der Waals surface area contributed by atoms with Gasteiger partial charge in [0.05, 0.1) is 25.1 Å². The van der Waals surface area contributed by atoms with Crippen LogP contribution >= 0.6 is 0 Å². The number of carbonyl (C=O) groups is 1. The first-order valence-electron chi connectivity index (χ1n) is 12.5. The maximum Gasteiger partial charge on any atom is 0.235 e. The number of nitrogens with zero attached hydrogens (tertiary/aromatic N) is 7. The summed E-state index contributed by atoms with van der Waals surface area (Å²) in [6.45, 7) is 5.02. The van der Waals surface area contributed by atoms with Gasteiger partial charge in [-0.3, -0.25) is 9.89 Å². The van der Waals surface area contributed by atoms with Crippen LogP contribution in [0.15, 0.2) is 24.4 Å². The molecule has 12 nitrogen and oxygen atoms in total. The van der Waals surface area contributed by atoms with Gasteiger partial charge in [-0.25, -0.2) is 4.98 Å². The first-order chi connectivity index (χ1) is 18.7. The fraction of sp³-hybridized carbons (Fsp3) is 0.440. The molecule has 5 heterocycles. The number of hydrogen-bond donors (Lipinski definition) is 3. The SMILES string of the molecule is C#C.O=CNc1ccc(F)nc1.c1c(Nc2nc(N3CCCC3)nc(N3CCOCC3)n2)n[nH]c1C1CC1. The van der Waals surface area contributed by atoms with Gasteiger partial charge in [-0.2, -0.15) is 24.4 Å². The van der Waals surface area contributed by atoms with Crippen LogP contribution in [0.3, 0.4) is 0 Å². The Kier molecular flexibility index (Phi) is 9.36. The van der Waals surface area contributed by atoms with Crippen molar-refractivity contribution in [3.05, 3.63) is 36.0 Å². The molecule has 0 radical (unpaired) electrons. The fourth-order valence-corrected chi connectivity index (χ4v) is 4.02. The molecular formula is C25H31FN10O2. The van der Waals surface area contributed by atoms with Crippen molar-refractivity contribution >= 4 is 35.8 Å². The zero-order valence-corrected chi connectivity index (χ0v) is 21.0. The second-order valence-corrected chi connectivity index (χ2v) is 8.79. The zero-order valence-electron chi connectivity index (χ0n) is 21.0. The highest BCUT2D eigenvalue weighted by Crippen LogP contribution is 2.39. The van der Waals surface area contributed by atoms with Crippen molar-refractivity contribution < 1.29 is 13.9 Å². The molecule has 1 aliphatic carbocycles. The second-order valence-electron chi connectivity index (χ2n) is 8.79. The Hall–Kier alpha value is -4.31. The van der Waals surface area contributed by atoms with E-state index in [0.29, 0.717) is 43.1 Å². The highest BCUT2D eigenvalue weighted by molar-refractivity contribution is 5.70. The number of rotatable bonds is 7. The molecule has 3 aromatic heterocycles. The van der Waals surface area contributed by atoms with Crippen LogP contribution < -0.4 is 20.4 Å². The lowest BCUT2D eigenvalue weighted by atomic mass is 10.3. The van der Waals surface area contributed by atoms with Crippen molar-refractivity contribution in [2.24, 2.45) is 0 Å². The summed E-state index contributed by atoms with van der Waals surface area (Å²) in [6, 6.07) is 4.66. The first kappa shape index (κ1) is 26.7. The van der Waals surface area contributed by atoms with Gasteiger partial charge >= 0.3 is 0 Å². The fourth-order valence-electron chi connectivity index (χ4n) is 4.02. The molecule has 38 heavy (non-hydrogen) atoms. The summed E-state index contributed by atoms with van der Waals surface area (Å²) in [4.78, 5) is 31.6. The number of nitrogens with one attached hydrogen (secondary N) is 3. The number of carbonyl (C=O) groups excluding carboxylic acids is 1. The number of aromatic amines is 1. The van der Waals surface area contributed by atoms with Gasteiger partial charge in [-0.1, -0.05) is 0 Å². The van der Waals surface area contributed by atoms with Gasteiger partial charge in [0.15, 0.2) is 5.82 Å². The number of terminal acetylenes is 1. The normalized spacial score (nSPS) is 16.5. The van der Waals surface area contributed by atoms with Gasteiger partial charge in [0, 0.05) is 43.9 Å². The Morgan fingerprint density at radius 2 is 1.71 bits per heavy atom. The third-order valence-corrected chi connectivity index (χ3v) is 6.10. The van der Waals surface area contributed by atoms with E-state index in [0.717, 1.165) is 37.9 Å². The van der Waals surface area contributed by atoms with E-state index in [-0.39, 0.29) is 0 Å². The van der Waals surface area contributed by atoms with Gasteiger partial charge < -0.3 is 25.2 Å². The summed E-state index contributed by atoms with van der Waals surface area (Å²) < 4.78 is 17.6. The van der Waals surface area contributed by atoms with E-state index < -0.39 is 5.95 Å². The molecule has 3 fully saturated rings. The van der Waals surface area contributed by atoms with E-state index in [1.165, 1.54) is 49.7 Å². The first-order valence-corrected chi connectivity index (χ1v) is 12.5. The topological polar surface area (TPSA) is 137 Å². The van der Waals surface area contributed by atoms with Crippen LogP contribution in [0.1, 0.15) is 37.3 Å². The average Bonchev–Trinajstić information content (AvgIpc) is 3.45. The number of aromatic nitrogens is 6. The molecule has 0 bridgehead atoms. The predicted octanol–water partition coefficient (Wildman–Crippen LogP) is 2.69. The van der Waals surface area contributed by atoms with Crippen LogP contribution in [0.4, 0.5) is 33.7 Å². The van der Waals surface area contributed by atoms with Crippen LogP contribution in [0.2, 0.25) is 0 Å². The number of amides is 1. The Labute approximate surface area is 220 Å². The molecular weight excluding hydrogens is 491 g/mol. The number of morpholine rings is 1. The summed E-state index contributed by atoms with van der Waals surface area (Å²) >= 11 is 0. The summed E-state index contributed by atoms with van der Waals surface area (Å²) in [5.74, 6) is 2.86. The molecule has 13 heteroatoms. The molecule has 2 saturated heterocycles. The summed E-state index contributed by atoms with van der Waals surface area (Å²) in [5.41, 5.74) is 1.67. The number of pyridine rings is 1. The van der Waals surface area contributed by atoms with E-state index in [4.69, 9.17) is 9.72 Å². The smallest absolute Gasteiger partial charge is 0.235 e. The van der Waals surface area contributed by atoms with Crippen LogP contribution in [-0.2, 0) is 9.53 Å². The summed E-state index contributed by atoms with van der Waals surface area (Å²) in [6.07, 6.45) is 14.6. The Balaban J connectivity index is 0.000000237. The zero-order chi connectivity index (χ0) is 26.7. The van der Waals surface area contributed by atoms with Crippen LogP contribution in [0, 0.1) is 18.8 Å². The summed E-state index contributed by atoms with van der Waals surface area (Å²) in [7, 11) is 0. The minimum absolute atomic E-state index is 0.483. The van der Waals surface area contributed by atoms with Crippen molar-refractivity contribution in [2.45, 2.75) is 31.6 Å². The highest BCUT2D eigenvalue weighted by atomic mass is 19.1. The summed E-state index contributed by atoms with van der Waals surface area (Å²) in [5, 5.41) is 13.1. The predicted molar refractivity (Wildman–Crippen MR) is 142 cm³/mol. The van der Waals surface area contributed by atoms with E-state index in [1.54, 1.807) is 0 Å². The molecule has 3 N–H and O–H groups in total.